The molecule has 1 fully saturated rings. The normalized spacial score (nSPS) is 15.9. The van der Waals surface area contributed by atoms with E-state index in [0.717, 1.165) is 35.8 Å². The predicted molar refractivity (Wildman–Crippen MR) is 81.5 cm³/mol. The zero-order valence-corrected chi connectivity index (χ0v) is 12.9. The van der Waals surface area contributed by atoms with E-state index in [1.54, 1.807) is 21.1 Å². The molecule has 0 aliphatic carbocycles. The first-order chi connectivity index (χ1) is 10.1. The van der Waals surface area contributed by atoms with Gasteiger partial charge in [-0.3, -0.25) is 4.79 Å². The van der Waals surface area contributed by atoms with Crippen LogP contribution in [0.2, 0.25) is 0 Å². The highest BCUT2D eigenvalue weighted by atomic mass is 16.5. The van der Waals surface area contributed by atoms with Gasteiger partial charge in [0.25, 0.3) is 0 Å². The fourth-order valence-electron chi connectivity index (χ4n) is 2.73. The van der Waals surface area contributed by atoms with E-state index in [2.05, 4.69) is 4.90 Å². The first-order valence-electron chi connectivity index (χ1n) is 7.29. The van der Waals surface area contributed by atoms with E-state index >= 15 is 0 Å². The van der Waals surface area contributed by atoms with Gasteiger partial charge in [0, 0.05) is 19.2 Å². The number of methoxy groups -OCH3 is 2. The summed E-state index contributed by atoms with van der Waals surface area (Å²) in [6, 6.07) is 3.87. The summed E-state index contributed by atoms with van der Waals surface area (Å²) in [7, 11) is 3.26. The minimum atomic E-state index is -0.806. The molecule has 0 bridgehead atoms. The van der Waals surface area contributed by atoms with Crippen molar-refractivity contribution >= 4 is 11.7 Å². The Kier molecular flexibility index (Phi) is 4.94. The van der Waals surface area contributed by atoms with Gasteiger partial charge in [0.05, 0.1) is 25.8 Å². The number of hydrogen-bond acceptors (Lipinski definition) is 4. The second-order valence-electron chi connectivity index (χ2n) is 5.47. The number of hydrogen-bond donors (Lipinski definition) is 1. The molecule has 1 heterocycles. The Hall–Kier alpha value is -1.91. The van der Waals surface area contributed by atoms with Crippen molar-refractivity contribution in [2.45, 2.75) is 26.2 Å². The lowest BCUT2D eigenvalue weighted by Crippen LogP contribution is -2.19. The molecule has 0 radical (unpaired) electrons. The summed E-state index contributed by atoms with van der Waals surface area (Å²) in [5.41, 5.74) is 1.89. The zero-order chi connectivity index (χ0) is 15.4. The van der Waals surface area contributed by atoms with E-state index in [1.807, 2.05) is 12.1 Å². The van der Waals surface area contributed by atoms with Crippen LogP contribution in [0, 0.1) is 5.92 Å². The van der Waals surface area contributed by atoms with Crippen LogP contribution >= 0.6 is 0 Å². The monoisotopic (exact) mass is 293 g/mol. The molecule has 0 spiro atoms. The van der Waals surface area contributed by atoms with Crippen molar-refractivity contribution in [1.82, 2.24) is 0 Å². The quantitative estimate of drug-likeness (QED) is 0.873. The average Bonchev–Trinajstić information content (AvgIpc) is 3.00. The molecular formula is C16H23NO4. The van der Waals surface area contributed by atoms with Gasteiger partial charge >= 0.3 is 5.97 Å². The number of anilines is 1. The van der Waals surface area contributed by atoms with Crippen LogP contribution in [-0.2, 0) is 11.2 Å². The zero-order valence-electron chi connectivity index (χ0n) is 12.9. The van der Waals surface area contributed by atoms with Crippen LogP contribution in [0.3, 0.4) is 0 Å². The second-order valence-corrected chi connectivity index (χ2v) is 5.47. The molecule has 5 nitrogen and oxygen atoms in total. The predicted octanol–water partition coefficient (Wildman–Crippen LogP) is 2.57. The molecule has 1 aromatic carbocycles. The minimum absolute atomic E-state index is 0.426. The molecule has 1 unspecified atom stereocenters. The van der Waals surface area contributed by atoms with Gasteiger partial charge in [-0.2, -0.15) is 0 Å². The summed E-state index contributed by atoms with van der Waals surface area (Å²) in [6.45, 7) is 3.73. The Labute approximate surface area is 125 Å². The Bertz CT molecular complexity index is 509. The second kappa shape index (κ2) is 6.70. The molecule has 0 saturated carbocycles. The van der Waals surface area contributed by atoms with E-state index in [-0.39, 0.29) is 0 Å². The molecule has 1 aliphatic heterocycles. The van der Waals surface area contributed by atoms with Crippen molar-refractivity contribution in [2.75, 3.05) is 32.2 Å². The molecule has 5 heteroatoms. The van der Waals surface area contributed by atoms with Crippen molar-refractivity contribution in [3.8, 4) is 11.5 Å². The average molecular weight is 293 g/mol. The van der Waals surface area contributed by atoms with Gasteiger partial charge < -0.3 is 19.5 Å². The molecule has 21 heavy (non-hydrogen) atoms. The van der Waals surface area contributed by atoms with Crippen LogP contribution in [0.15, 0.2) is 12.1 Å². The van der Waals surface area contributed by atoms with Crippen LogP contribution < -0.4 is 14.4 Å². The molecule has 1 aliphatic rings. The van der Waals surface area contributed by atoms with Crippen molar-refractivity contribution in [1.29, 1.82) is 0 Å². The number of rotatable bonds is 6. The van der Waals surface area contributed by atoms with Crippen molar-refractivity contribution < 1.29 is 19.4 Å². The van der Waals surface area contributed by atoms with Crippen molar-refractivity contribution in [3.63, 3.8) is 0 Å². The molecule has 1 aromatic rings. The standard InChI is InChI=1S/C16H23NO4/c1-11(16(18)19)8-12-9-15(21-3)13(10-14(12)20-2)17-6-4-5-7-17/h9-11H,4-8H2,1-3H3,(H,18,19). The van der Waals surface area contributed by atoms with Crippen LogP contribution in [-0.4, -0.2) is 38.4 Å². The van der Waals surface area contributed by atoms with Gasteiger partial charge in [-0.05, 0) is 30.9 Å². The molecular weight excluding hydrogens is 270 g/mol. The molecule has 2 rings (SSSR count). The number of nitrogens with zero attached hydrogens (tertiary/aromatic N) is 1. The third-order valence-electron chi connectivity index (χ3n) is 3.98. The Morgan fingerprint density at radius 1 is 1.24 bits per heavy atom. The summed E-state index contributed by atoms with van der Waals surface area (Å²) in [5.74, 6) is 0.247. The molecule has 1 saturated heterocycles. The highest BCUT2D eigenvalue weighted by Gasteiger charge is 2.21. The van der Waals surface area contributed by atoms with Crippen LogP contribution in [0.1, 0.15) is 25.3 Å². The van der Waals surface area contributed by atoms with Crippen molar-refractivity contribution in [2.24, 2.45) is 5.92 Å². The summed E-state index contributed by atoms with van der Waals surface area (Å²) in [4.78, 5) is 13.3. The van der Waals surface area contributed by atoms with Gasteiger partial charge in [-0.25, -0.2) is 0 Å². The number of carboxylic acids is 1. The topological polar surface area (TPSA) is 59.0 Å². The SMILES string of the molecule is COc1cc(N2CCCC2)c(OC)cc1CC(C)C(=O)O. The largest absolute Gasteiger partial charge is 0.496 e. The van der Waals surface area contributed by atoms with Crippen molar-refractivity contribution in [3.05, 3.63) is 17.7 Å². The highest BCUT2D eigenvalue weighted by Crippen LogP contribution is 2.37. The molecule has 0 amide bonds. The van der Waals surface area contributed by atoms with Gasteiger partial charge in [-0.15, -0.1) is 0 Å². The summed E-state index contributed by atoms with van der Waals surface area (Å²) in [5, 5.41) is 9.08. The van der Waals surface area contributed by atoms with Crippen LogP contribution in [0.4, 0.5) is 5.69 Å². The number of aliphatic carboxylic acids is 1. The lowest BCUT2D eigenvalue weighted by atomic mass is 9.99. The van der Waals surface area contributed by atoms with Gasteiger partial charge in [0.1, 0.15) is 11.5 Å². The number of ether oxygens (including phenoxy) is 2. The summed E-state index contributed by atoms with van der Waals surface area (Å²) >= 11 is 0. The highest BCUT2D eigenvalue weighted by molar-refractivity contribution is 5.71. The van der Waals surface area contributed by atoms with E-state index in [4.69, 9.17) is 14.6 Å². The maximum atomic E-state index is 11.1. The van der Waals surface area contributed by atoms with Gasteiger partial charge in [0.15, 0.2) is 0 Å². The minimum Gasteiger partial charge on any atom is -0.496 e. The van der Waals surface area contributed by atoms with E-state index in [9.17, 15) is 4.79 Å². The Balaban J connectivity index is 2.35. The lowest BCUT2D eigenvalue weighted by Gasteiger charge is -2.23. The number of carboxylic acid groups (broad SMARTS) is 1. The first kappa shape index (κ1) is 15.5. The lowest BCUT2D eigenvalue weighted by molar-refractivity contribution is -0.141. The number of benzene rings is 1. The van der Waals surface area contributed by atoms with Gasteiger partial charge in [-0.1, -0.05) is 6.92 Å². The summed E-state index contributed by atoms with van der Waals surface area (Å²) in [6.07, 6.45) is 2.79. The maximum Gasteiger partial charge on any atom is 0.306 e. The first-order valence-corrected chi connectivity index (χ1v) is 7.29. The molecule has 1 N–H and O–H groups in total. The fourth-order valence-corrected chi connectivity index (χ4v) is 2.73. The van der Waals surface area contributed by atoms with E-state index in [1.165, 1.54) is 12.8 Å². The van der Waals surface area contributed by atoms with E-state index < -0.39 is 11.9 Å². The summed E-state index contributed by atoms with van der Waals surface area (Å²) < 4.78 is 10.9. The Morgan fingerprint density at radius 2 is 1.86 bits per heavy atom. The smallest absolute Gasteiger partial charge is 0.306 e. The third kappa shape index (κ3) is 3.40. The van der Waals surface area contributed by atoms with Crippen LogP contribution in [0.25, 0.3) is 0 Å². The number of carbonyl (C=O) groups is 1. The molecule has 0 aromatic heterocycles. The molecule has 1 atom stereocenters. The fraction of sp³-hybridized carbons (Fsp3) is 0.562. The third-order valence-corrected chi connectivity index (χ3v) is 3.98. The molecule has 116 valence electrons. The maximum absolute atomic E-state index is 11.1. The van der Waals surface area contributed by atoms with Crippen LogP contribution in [0.5, 0.6) is 11.5 Å². The van der Waals surface area contributed by atoms with Gasteiger partial charge in [0.2, 0.25) is 0 Å². The van der Waals surface area contributed by atoms with E-state index in [0.29, 0.717) is 6.42 Å². The Morgan fingerprint density at radius 3 is 2.38 bits per heavy atom.